The van der Waals surface area contributed by atoms with Crippen LogP contribution in [0.5, 0.6) is 11.5 Å². The molecule has 0 spiro atoms. The number of nitrogens with one attached hydrogen (secondary N) is 3. The molecule has 2 aromatic heterocycles. The van der Waals surface area contributed by atoms with Gasteiger partial charge in [-0.1, -0.05) is 6.07 Å². The summed E-state index contributed by atoms with van der Waals surface area (Å²) in [6.07, 6.45) is 6.56. The van der Waals surface area contributed by atoms with Crippen LogP contribution in [0.4, 0.5) is 15.8 Å². The highest BCUT2D eigenvalue weighted by atomic mass is 19.1. The van der Waals surface area contributed by atoms with Crippen molar-refractivity contribution in [2.45, 2.75) is 25.2 Å². The van der Waals surface area contributed by atoms with Gasteiger partial charge < -0.3 is 30.0 Å². The van der Waals surface area contributed by atoms with E-state index in [2.05, 4.69) is 25.5 Å². The van der Waals surface area contributed by atoms with Crippen molar-refractivity contribution < 1.29 is 18.7 Å². The van der Waals surface area contributed by atoms with Crippen LogP contribution in [0.15, 0.2) is 36.7 Å². The maximum atomic E-state index is 14.5. The van der Waals surface area contributed by atoms with Gasteiger partial charge in [0, 0.05) is 42.4 Å². The van der Waals surface area contributed by atoms with Crippen molar-refractivity contribution in [1.29, 1.82) is 0 Å². The van der Waals surface area contributed by atoms with Gasteiger partial charge in [-0.15, -0.1) is 0 Å². The number of fused-ring (bicyclic) bond motifs is 5. The molecule has 9 heteroatoms. The summed E-state index contributed by atoms with van der Waals surface area (Å²) in [4.78, 5) is 23.6. The van der Waals surface area contributed by atoms with E-state index < -0.39 is 5.82 Å². The number of para-hydroxylation sites is 1. The first kappa shape index (κ1) is 22.8. The maximum absolute atomic E-state index is 14.5. The van der Waals surface area contributed by atoms with Crippen molar-refractivity contribution in [3.63, 3.8) is 0 Å². The molecular formula is C27H30FN5O3. The van der Waals surface area contributed by atoms with Crippen LogP contribution in [-0.4, -0.2) is 60.7 Å². The van der Waals surface area contributed by atoms with Gasteiger partial charge >= 0.3 is 0 Å². The Kier molecular flexibility index (Phi) is 6.00. The second-order valence-corrected chi connectivity index (χ2v) is 9.80. The second kappa shape index (κ2) is 9.46. The lowest BCUT2D eigenvalue weighted by Gasteiger charge is -2.25. The molecule has 0 radical (unpaired) electrons. The number of aromatic amines is 1. The number of H-pyrrole nitrogens is 1. The minimum absolute atomic E-state index is 0.0911. The molecule has 4 bridgehead atoms. The van der Waals surface area contributed by atoms with Gasteiger partial charge in [-0.2, -0.15) is 0 Å². The molecule has 1 saturated heterocycles. The van der Waals surface area contributed by atoms with Crippen molar-refractivity contribution >= 4 is 17.3 Å². The van der Waals surface area contributed by atoms with Crippen molar-refractivity contribution in [3.05, 3.63) is 53.7 Å². The lowest BCUT2D eigenvalue weighted by Crippen LogP contribution is -2.35. The Morgan fingerprint density at radius 1 is 1.25 bits per heavy atom. The van der Waals surface area contributed by atoms with E-state index in [4.69, 9.17) is 9.47 Å². The number of amides is 1. The molecule has 1 fully saturated rings. The summed E-state index contributed by atoms with van der Waals surface area (Å²) in [6, 6.07) is 6.59. The van der Waals surface area contributed by atoms with Crippen molar-refractivity contribution in [3.8, 4) is 22.8 Å². The van der Waals surface area contributed by atoms with E-state index in [-0.39, 0.29) is 17.6 Å². The summed E-state index contributed by atoms with van der Waals surface area (Å²) in [6.45, 7) is 4.36. The summed E-state index contributed by atoms with van der Waals surface area (Å²) < 4.78 is 26.2. The Hall–Kier alpha value is -3.59. The van der Waals surface area contributed by atoms with E-state index >= 15 is 0 Å². The molecule has 0 saturated carbocycles. The first-order valence-electron chi connectivity index (χ1n) is 12.6. The van der Waals surface area contributed by atoms with Gasteiger partial charge in [0.05, 0.1) is 42.5 Å². The number of methoxy groups -OCH3 is 1. The fourth-order valence-corrected chi connectivity index (χ4v) is 5.71. The normalized spacial score (nSPS) is 23.2. The summed E-state index contributed by atoms with van der Waals surface area (Å²) >= 11 is 0. The molecular weight excluding hydrogens is 461 g/mol. The van der Waals surface area contributed by atoms with Crippen LogP contribution >= 0.6 is 0 Å². The summed E-state index contributed by atoms with van der Waals surface area (Å²) in [7, 11) is 1.43. The number of halogens is 1. The molecule has 3 N–H and O–H groups in total. The average molecular weight is 492 g/mol. The zero-order chi connectivity index (χ0) is 24.6. The third-order valence-electron chi connectivity index (χ3n) is 7.53. The number of aromatic nitrogens is 2. The Morgan fingerprint density at radius 2 is 2.17 bits per heavy atom. The quantitative estimate of drug-likeness (QED) is 0.506. The summed E-state index contributed by atoms with van der Waals surface area (Å²) in [5.41, 5.74) is 3.98. The van der Waals surface area contributed by atoms with E-state index in [1.165, 1.54) is 13.2 Å². The van der Waals surface area contributed by atoms with Gasteiger partial charge in [0.25, 0.3) is 5.91 Å². The lowest BCUT2D eigenvalue weighted by atomic mass is 9.92. The van der Waals surface area contributed by atoms with E-state index in [1.54, 1.807) is 24.5 Å². The first-order chi connectivity index (χ1) is 17.6. The Labute approximate surface area is 209 Å². The number of benzene rings is 1. The van der Waals surface area contributed by atoms with Crippen LogP contribution in [-0.2, 0) is 0 Å². The number of rotatable bonds is 3. The lowest BCUT2D eigenvalue weighted by molar-refractivity contribution is 0.0939. The predicted molar refractivity (Wildman–Crippen MR) is 135 cm³/mol. The van der Waals surface area contributed by atoms with Gasteiger partial charge in [0.15, 0.2) is 11.6 Å². The zero-order valence-electron chi connectivity index (χ0n) is 20.3. The van der Waals surface area contributed by atoms with E-state index in [9.17, 15) is 9.18 Å². The molecule has 3 aliphatic rings. The number of ether oxygens (including phenoxy) is 2. The molecule has 188 valence electrons. The monoisotopic (exact) mass is 491 g/mol. The highest BCUT2D eigenvalue weighted by Crippen LogP contribution is 2.44. The summed E-state index contributed by atoms with van der Waals surface area (Å²) in [5.74, 6) is 0.720. The van der Waals surface area contributed by atoms with Crippen LogP contribution in [0.3, 0.4) is 0 Å². The van der Waals surface area contributed by atoms with Gasteiger partial charge in [-0.25, -0.2) is 4.39 Å². The molecule has 6 rings (SSSR count). The predicted octanol–water partition coefficient (Wildman–Crippen LogP) is 4.29. The highest BCUT2D eigenvalue weighted by molar-refractivity contribution is 6.07. The molecule has 1 unspecified atom stereocenters. The molecule has 3 atom stereocenters. The molecule has 3 aromatic rings. The smallest absolute Gasteiger partial charge is 0.255 e. The van der Waals surface area contributed by atoms with Gasteiger partial charge in [0.1, 0.15) is 5.75 Å². The third-order valence-corrected chi connectivity index (χ3v) is 7.53. The van der Waals surface area contributed by atoms with Crippen LogP contribution < -0.4 is 20.1 Å². The highest BCUT2D eigenvalue weighted by Gasteiger charge is 2.34. The van der Waals surface area contributed by atoms with Crippen LogP contribution in [0.1, 0.15) is 41.2 Å². The first-order valence-corrected chi connectivity index (χ1v) is 12.6. The van der Waals surface area contributed by atoms with Gasteiger partial charge in [-0.3, -0.25) is 9.78 Å². The number of hydrogen-bond acceptors (Lipinski definition) is 6. The largest absolute Gasteiger partial charge is 0.492 e. The van der Waals surface area contributed by atoms with E-state index in [0.717, 1.165) is 55.8 Å². The van der Waals surface area contributed by atoms with Gasteiger partial charge in [-0.05, 0) is 50.6 Å². The molecule has 0 aliphatic carbocycles. The zero-order valence-corrected chi connectivity index (χ0v) is 20.3. The molecule has 3 aliphatic heterocycles. The van der Waals surface area contributed by atoms with Crippen LogP contribution in [0.25, 0.3) is 11.3 Å². The standard InChI is InChI=1S/C27H30FN5O3/c1-35-26-19(28)5-2-6-20(26)31-25-22-23-17(12-30-27(22)34)4-3-10-33-11-8-16(14-33)15-36-21-13-29-9-7-18(21)24(25)32-23/h2,5-7,9,13,16-17,31-32H,3-4,8,10-12,14-15H2,1H3,(H,30,34)/t16-,17+/m0/s1. The number of nitrogens with zero attached hydrogens (tertiary/aromatic N) is 2. The van der Waals surface area contributed by atoms with Crippen molar-refractivity contribution in [2.24, 2.45) is 5.92 Å². The summed E-state index contributed by atoms with van der Waals surface area (Å²) in [5, 5.41) is 6.40. The van der Waals surface area contributed by atoms with Gasteiger partial charge in [0.2, 0.25) is 0 Å². The minimum Gasteiger partial charge on any atom is -0.492 e. The molecule has 5 heterocycles. The average Bonchev–Trinajstić information content (AvgIpc) is 3.49. The van der Waals surface area contributed by atoms with Crippen LogP contribution in [0, 0.1) is 11.7 Å². The number of pyridine rings is 1. The Balaban J connectivity index is 1.51. The SMILES string of the molecule is COc1c(F)cccc1Nc1c2[nH]c3c1C(=O)NC[C@H]3CCCN1CC[C@H](COc3cnccc3-2)C1. The van der Waals surface area contributed by atoms with E-state index in [0.29, 0.717) is 41.8 Å². The van der Waals surface area contributed by atoms with E-state index in [1.807, 2.05) is 6.07 Å². The number of anilines is 2. The van der Waals surface area contributed by atoms with Crippen molar-refractivity contribution in [2.75, 3.05) is 45.2 Å². The fraction of sp³-hybridized carbons (Fsp3) is 0.407. The Bertz CT molecular complexity index is 1290. The topological polar surface area (TPSA) is 91.5 Å². The number of hydrogen-bond donors (Lipinski definition) is 3. The molecule has 1 amide bonds. The third kappa shape index (κ3) is 4.07. The second-order valence-electron chi connectivity index (χ2n) is 9.80. The fourth-order valence-electron chi connectivity index (χ4n) is 5.71. The maximum Gasteiger partial charge on any atom is 0.255 e. The minimum atomic E-state index is -0.479. The van der Waals surface area contributed by atoms with Crippen molar-refractivity contribution in [1.82, 2.24) is 20.2 Å². The van der Waals surface area contributed by atoms with Crippen LogP contribution in [0.2, 0.25) is 0 Å². The number of carbonyl (C=O) groups excluding carboxylic acids is 1. The molecule has 36 heavy (non-hydrogen) atoms. The number of carbonyl (C=O) groups is 1. The molecule has 8 nitrogen and oxygen atoms in total. The Morgan fingerprint density at radius 3 is 3.06 bits per heavy atom. The molecule has 1 aromatic carbocycles.